The van der Waals surface area contributed by atoms with E-state index in [1.165, 1.54) is 20.0 Å². The number of hydrogen-bond donors (Lipinski definition) is 1. The zero-order chi connectivity index (χ0) is 12.2. The van der Waals surface area contributed by atoms with E-state index in [4.69, 9.17) is 4.74 Å². The number of ether oxygens (including phenoxy) is 1. The standard InChI is InChI=1S/C12H24N2O2/c1-12(2,11(15)16-4)9-14(3)10-6-5-7-13-8-10/h10,13H,5-9H2,1-4H3. The molecule has 1 saturated heterocycles. The third-order valence-corrected chi connectivity index (χ3v) is 3.28. The minimum atomic E-state index is -0.430. The largest absolute Gasteiger partial charge is 0.469 e. The van der Waals surface area contributed by atoms with Gasteiger partial charge in [-0.3, -0.25) is 4.79 Å². The summed E-state index contributed by atoms with van der Waals surface area (Å²) >= 11 is 0. The van der Waals surface area contributed by atoms with E-state index in [1.807, 2.05) is 13.8 Å². The molecule has 0 aromatic rings. The van der Waals surface area contributed by atoms with E-state index in [-0.39, 0.29) is 5.97 Å². The molecule has 0 aromatic carbocycles. The molecule has 1 rings (SSSR count). The highest BCUT2D eigenvalue weighted by molar-refractivity contribution is 5.76. The van der Waals surface area contributed by atoms with E-state index in [9.17, 15) is 4.79 Å². The fourth-order valence-electron chi connectivity index (χ4n) is 2.30. The van der Waals surface area contributed by atoms with E-state index in [0.717, 1.165) is 19.6 Å². The Morgan fingerprint density at radius 3 is 2.75 bits per heavy atom. The van der Waals surface area contributed by atoms with Crippen LogP contribution < -0.4 is 5.32 Å². The van der Waals surface area contributed by atoms with Gasteiger partial charge in [-0.05, 0) is 40.3 Å². The lowest BCUT2D eigenvalue weighted by molar-refractivity contribution is -0.152. The fourth-order valence-corrected chi connectivity index (χ4v) is 2.30. The first kappa shape index (κ1) is 13.5. The molecule has 1 atom stereocenters. The van der Waals surface area contributed by atoms with Crippen LogP contribution in [0.15, 0.2) is 0 Å². The van der Waals surface area contributed by atoms with Crippen molar-refractivity contribution in [2.75, 3.05) is 33.8 Å². The lowest BCUT2D eigenvalue weighted by Gasteiger charge is -2.35. The van der Waals surface area contributed by atoms with E-state index in [1.54, 1.807) is 0 Å². The average molecular weight is 228 g/mol. The molecule has 0 radical (unpaired) electrons. The number of esters is 1. The Labute approximate surface area is 98.3 Å². The maximum absolute atomic E-state index is 11.6. The Morgan fingerprint density at radius 1 is 1.56 bits per heavy atom. The van der Waals surface area contributed by atoms with Crippen LogP contribution in [0.5, 0.6) is 0 Å². The number of nitrogens with one attached hydrogen (secondary N) is 1. The van der Waals surface area contributed by atoms with Gasteiger partial charge in [0.1, 0.15) is 0 Å². The second kappa shape index (κ2) is 5.64. The fraction of sp³-hybridized carbons (Fsp3) is 0.917. The third-order valence-electron chi connectivity index (χ3n) is 3.28. The van der Waals surface area contributed by atoms with E-state index >= 15 is 0 Å². The Balaban J connectivity index is 2.48. The SMILES string of the molecule is COC(=O)C(C)(C)CN(C)C1CCCNC1. The molecule has 0 bridgehead atoms. The zero-order valence-corrected chi connectivity index (χ0v) is 10.9. The molecule has 1 heterocycles. The maximum atomic E-state index is 11.6. The summed E-state index contributed by atoms with van der Waals surface area (Å²) in [7, 11) is 3.54. The van der Waals surface area contributed by atoms with Crippen molar-refractivity contribution in [3.05, 3.63) is 0 Å². The average Bonchev–Trinajstić information content (AvgIpc) is 2.28. The molecule has 1 N–H and O–H groups in total. The first-order valence-electron chi connectivity index (χ1n) is 5.97. The molecular weight excluding hydrogens is 204 g/mol. The molecule has 16 heavy (non-hydrogen) atoms. The number of rotatable bonds is 4. The van der Waals surface area contributed by atoms with E-state index in [0.29, 0.717) is 6.04 Å². The van der Waals surface area contributed by atoms with Crippen LogP contribution in [-0.4, -0.2) is 50.7 Å². The molecule has 0 spiro atoms. The summed E-state index contributed by atoms with van der Waals surface area (Å²) in [5.41, 5.74) is -0.430. The molecule has 1 fully saturated rings. The first-order chi connectivity index (χ1) is 7.47. The topological polar surface area (TPSA) is 41.6 Å². The Kier molecular flexibility index (Phi) is 4.74. The molecule has 1 aliphatic rings. The lowest BCUT2D eigenvalue weighted by Crippen LogP contribution is -2.48. The van der Waals surface area contributed by atoms with Gasteiger partial charge in [-0.2, -0.15) is 0 Å². The van der Waals surface area contributed by atoms with Crippen molar-refractivity contribution in [2.24, 2.45) is 5.41 Å². The normalized spacial score (nSPS) is 22.2. The summed E-state index contributed by atoms with van der Waals surface area (Å²) in [6.07, 6.45) is 2.43. The molecule has 1 aliphatic heterocycles. The van der Waals surface area contributed by atoms with Gasteiger partial charge in [0.2, 0.25) is 0 Å². The number of methoxy groups -OCH3 is 1. The van der Waals surface area contributed by atoms with Crippen LogP contribution in [-0.2, 0) is 9.53 Å². The van der Waals surface area contributed by atoms with Gasteiger partial charge in [0.25, 0.3) is 0 Å². The minimum absolute atomic E-state index is 0.136. The summed E-state index contributed by atoms with van der Waals surface area (Å²) in [6.45, 7) is 6.75. The van der Waals surface area contributed by atoms with E-state index < -0.39 is 5.41 Å². The number of carbonyl (C=O) groups excluding carboxylic acids is 1. The van der Waals surface area contributed by atoms with Gasteiger partial charge in [0, 0.05) is 19.1 Å². The maximum Gasteiger partial charge on any atom is 0.312 e. The van der Waals surface area contributed by atoms with Crippen LogP contribution in [0.4, 0.5) is 0 Å². The third kappa shape index (κ3) is 3.46. The summed E-state index contributed by atoms with van der Waals surface area (Å²) in [5.74, 6) is -0.136. The highest BCUT2D eigenvalue weighted by Crippen LogP contribution is 2.20. The number of nitrogens with zero attached hydrogens (tertiary/aromatic N) is 1. The van der Waals surface area contributed by atoms with Crippen LogP contribution in [0.1, 0.15) is 26.7 Å². The number of likely N-dealkylation sites (N-methyl/N-ethyl adjacent to an activating group) is 1. The molecule has 0 amide bonds. The molecule has 0 aliphatic carbocycles. The minimum Gasteiger partial charge on any atom is -0.469 e. The molecule has 0 aromatic heterocycles. The zero-order valence-electron chi connectivity index (χ0n) is 10.9. The van der Waals surface area contributed by atoms with Crippen molar-refractivity contribution in [1.29, 1.82) is 0 Å². The second-order valence-electron chi connectivity index (χ2n) is 5.29. The molecular formula is C12H24N2O2. The van der Waals surface area contributed by atoms with Crippen LogP contribution >= 0.6 is 0 Å². The number of carbonyl (C=O) groups is 1. The molecule has 4 heteroatoms. The van der Waals surface area contributed by atoms with Crippen molar-refractivity contribution >= 4 is 5.97 Å². The van der Waals surface area contributed by atoms with Gasteiger partial charge in [-0.15, -0.1) is 0 Å². The number of piperidine rings is 1. The van der Waals surface area contributed by atoms with Gasteiger partial charge in [-0.1, -0.05) is 0 Å². The molecule has 0 saturated carbocycles. The van der Waals surface area contributed by atoms with Gasteiger partial charge < -0.3 is 15.0 Å². The van der Waals surface area contributed by atoms with Gasteiger partial charge >= 0.3 is 5.97 Å². The van der Waals surface area contributed by atoms with Crippen LogP contribution in [0.3, 0.4) is 0 Å². The van der Waals surface area contributed by atoms with Crippen molar-refractivity contribution in [3.8, 4) is 0 Å². The monoisotopic (exact) mass is 228 g/mol. The Morgan fingerprint density at radius 2 is 2.25 bits per heavy atom. The van der Waals surface area contributed by atoms with Gasteiger partial charge in [-0.25, -0.2) is 0 Å². The summed E-state index contributed by atoms with van der Waals surface area (Å²) in [5, 5.41) is 3.39. The number of hydrogen-bond acceptors (Lipinski definition) is 4. The smallest absolute Gasteiger partial charge is 0.312 e. The molecule has 94 valence electrons. The van der Waals surface area contributed by atoms with Gasteiger partial charge in [0.05, 0.1) is 12.5 Å². The summed E-state index contributed by atoms with van der Waals surface area (Å²) in [6, 6.07) is 0.540. The highest BCUT2D eigenvalue weighted by atomic mass is 16.5. The quantitative estimate of drug-likeness (QED) is 0.725. The lowest BCUT2D eigenvalue weighted by atomic mass is 9.92. The molecule has 4 nitrogen and oxygen atoms in total. The second-order valence-corrected chi connectivity index (χ2v) is 5.29. The predicted octanol–water partition coefficient (Wildman–Crippen LogP) is 0.869. The first-order valence-corrected chi connectivity index (χ1v) is 5.97. The van der Waals surface area contributed by atoms with Crippen molar-refractivity contribution < 1.29 is 9.53 Å². The Hall–Kier alpha value is -0.610. The summed E-state index contributed by atoms with van der Waals surface area (Å²) < 4.78 is 4.82. The van der Waals surface area contributed by atoms with Crippen LogP contribution in [0.2, 0.25) is 0 Å². The van der Waals surface area contributed by atoms with Gasteiger partial charge in [0.15, 0.2) is 0 Å². The van der Waals surface area contributed by atoms with Crippen LogP contribution in [0, 0.1) is 5.41 Å². The van der Waals surface area contributed by atoms with Crippen molar-refractivity contribution in [1.82, 2.24) is 10.2 Å². The van der Waals surface area contributed by atoms with Crippen molar-refractivity contribution in [3.63, 3.8) is 0 Å². The summed E-state index contributed by atoms with van der Waals surface area (Å²) in [4.78, 5) is 13.9. The molecule has 1 unspecified atom stereocenters. The predicted molar refractivity (Wildman–Crippen MR) is 64.3 cm³/mol. The van der Waals surface area contributed by atoms with Crippen LogP contribution in [0.25, 0.3) is 0 Å². The van der Waals surface area contributed by atoms with E-state index in [2.05, 4.69) is 17.3 Å². The Bertz CT molecular complexity index is 235. The highest BCUT2D eigenvalue weighted by Gasteiger charge is 2.32. The van der Waals surface area contributed by atoms with Crippen molar-refractivity contribution in [2.45, 2.75) is 32.7 Å².